The maximum Gasteiger partial charge on any atom is 0.411 e. The Balaban J connectivity index is 1.83. The summed E-state index contributed by atoms with van der Waals surface area (Å²) in [6.45, 7) is 5.48. The predicted octanol–water partition coefficient (Wildman–Crippen LogP) is 3.94. The van der Waals surface area contributed by atoms with Gasteiger partial charge < -0.3 is 14.6 Å². The normalized spacial score (nSPS) is 19.0. The zero-order chi connectivity index (χ0) is 21.7. The van der Waals surface area contributed by atoms with Crippen molar-refractivity contribution in [3.05, 3.63) is 71.8 Å². The number of ether oxygens (including phenoxy) is 2. The van der Waals surface area contributed by atoms with Crippen LogP contribution in [0.2, 0.25) is 0 Å². The number of amides is 1. The van der Waals surface area contributed by atoms with Gasteiger partial charge in [0.1, 0.15) is 11.6 Å². The van der Waals surface area contributed by atoms with Crippen molar-refractivity contribution in [1.29, 1.82) is 0 Å². The Labute approximate surface area is 177 Å². The highest BCUT2D eigenvalue weighted by atomic mass is 16.6. The van der Waals surface area contributed by atoms with E-state index in [1.165, 1.54) is 4.90 Å². The van der Waals surface area contributed by atoms with Gasteiger partial charge in [-0.1, -0.05) is 60.7 Å². The lowest BCUT2D eigenvalue weighted by atomic mass is 10.0. The van der Waals surface area contributed by atoms with Crippen LogP contribution in [0.5, 0.6) is 0 Å². The lowest BCUT2D eigenvalue weighted by Gasteiger charge is -2.29. The minimum absolute atomic E-state index is 0.107. The summed E-state index contributed by atoms with van der Waals surface area (Å²) in [4.78, 5) is 27.2. The van der Waals surface area contributed by atoms with Crippen LogP contribution in [-0.2, 0) is 14.3 Å². The molecule has 0 radical (unpaired) electrons. The quantitative estimate of drug-likeness (QED) is 0.755. The van der Waals surface area contributed by atoms with Crippen molar-refractivity contribution in [2.75, 3.05) is 13.2 Å². The summed E-state index contributed by atoms with van der Waals surface area (Å²) in [5, 5.41) is 9.60. The van der Waals surface area contributed by atoms with E-state index in [0.717, 1.165) is 11.1 Å². The number of carbonyl (C=O) groups is 2. The molecule has 6 heteroatoms. The van der Waals surface area contributed by atoms with Crippen LogP contribution in [-0.4, -0.2) is 46.9 Å². The second-order valence-electron chi connectivity index (χ2n) is 8.57. The van der Waals surface area contributed by atoms with Crippen molar-refractivity contribution in [1.82, 2.24) is 4.90 Å². The minimum Gasteiger partial charge on any atom is -0.451 e. The first-order chi connectivity index (χ1) is 14.3. The molecule has 1 aliphatic heterocycles. The molecule has 2 atom stereocenters. The van der Waals surface area contributed by atoms with E-state index in [1.54, 1.807) is 20.8 Å². The first-order valence-corrected chi connectivity index (χ1v) is 10.2. The van der Waals surface area contributed by atoms with Crippen LogP contribution in [0.3, 0.4) is 0 Å². The van der Waals surface area contributed by atoms with Gasteiger partial charge in [-0.05, 0) is 38.3 Å². The molecule has 6 nitrogen and oxygen atoms in total. The first kappa shape index (κ1) is 21.8. The van der Waals surface area contributed by atoms with Crippen LogP contribution in [0.25, 0.3) is 0 Å². The summed E-state index contributed by atoms with van der Waals surface area (Å²) in [5.41, 5.74) is 1.01. The number of likely N-dealkylation sites (tertiary alicyclic amines) is 1. The van der Waals surface area contributed by atoms with E-state index in [4.69, 9.17) is 9.47 Å². The van der Waals surface area contributed by atoms with Gasteiger partial charge in [0.05, 0.1) is 0 Å². The second-order valence-corrected chi connectivity index (χ2v) is 8.57. The third kappa shape index (κ3) is 5.39. The molecule has 0 spiro atoms. The van der Waals surface area contributed by atoms with Gasteiger partial charge in [0.25, 0.3) is 0 Å². The average Bonchev–Trinajstić information content (AvgIpc) is 3.17. The number of aliphatic hydroxyl groups excluding tert-OH is 1. The van der Waals surface area contributed by atoms with Gasteiger partial charge in [-0.25, -0.2) is 9.59 Å². The number of carbonyl (C=O) groups excluding carboxylic acids is 2. The number of hydrogen-bond acceptors (Lipinski definition) is 5. The zero-order valence-corrected chi connectivity index (χ0v) is 17.7. The van der Waals surface area contributed by atoms with Crippen LogP contribution < -0.4 is 0 Å². The molecule has 2 aromatic carbocycles. The fourth-order valence-corrected chi connectivity index (χ4v) is 3.58. The minimum atomic E-state index is -0.799. The van der Waals surface area contributed by atoms with Crippen LogP contribution in [0.1, 0.15) is 44.4 Å². The Morgan fingerprint density at radius 2 is 1.57 bits per heavy atom. The molecule has 3 rings (SSSR count). The van der Waals surface area contributed by atoms with Gasteiger partial charge in [0.15, 0.2) is 6.10 Å². The van der Waals surface area contributed by atoms with Crippen LogP contribution >= 0.6 is 0 Å². The topological polar surface area (TPSA) is 76.1 Å². The number of nitrogens with zero attached hydrogens (tertiary/aromatic N) is 1. The molecule has 1 N–H and O–H groups in total. The summed E-state index contributed by atoms with van der Waals surface area (Å²) >= 11 is 0. The van der Waals surface area contributed by atoms with Crippen LogP contribution in [0.15, 0.2) is 60.7 Å². The van der Waals surface area contributed by atoms with E-state index in [9.17, 15) is 14.7 Å². The Morgan fingerprint density at radius 1 is 1.03 bits per heavy atom. The third-order valence-electron chi connectivity index (χ3n) is 4.98. The summed E-state index contributed by atoms with van der Waals surface area (Å²) < 4.78 is 11.4. The Kier molecular flexibility index (Phi) is 6.77. The molecule has 0 unspecified atom stereocenters. The first-order valence-electron chi connectivity index (χ1n) is 10.2. The second kappa shape index (κ2) is 9.30. The lowest BCUT2D eigenvalue weighted by Crippen LogP contribution is -2.44. The third-order valence-corrected chi connectivity index (χ3v) is 4.98. The van der Waals surface area contributed by atoms with E-state index in [1.807, 2.05) is 60.7 Å². The molecule has 160 valence electrons. The largest absolute Gasteiger partial charge is 0.451 e. The molecular weight excluding hydrogens is 382 g/mol. The molecule has 0 aromatic heterocycles. The van der Waals surface area contributed by atoms with Gasteiger partial charge in [-0.3, -0.25) is 4.90 Å². The molecule has 0 aliphatic carbocycles. The van der Waals surface area contributed by atoms with E-state index >= 15 is 0 Å². The van der Waals surface area contributed by atoms with Gasteiger partial charge in [0, 0.05) is 19.1 Å². The molecule has 1 aliphatic rings. The van der Waals surface area contributed by atoms with E-state index in [2.05, 4.69) is 0 Å². The Bertz CT molecular complexity index is 807. The monoisotopic (exact) mass is 411 g/mol. The molecule has 1 amide bonds. The average molecular weight is 411 g/mol. The SMILES string of the molecule is CC(C)(C)OC(=O)N1C[C@H](CO)C[C@H]1C(=O)OC(c1ccccc1)c1ccccc1. The molecule has 30 heavy (non-hydrogen) atoms. The fourth-order valence-electron chi connectivity index (χ4n) is 3.58. The van der Waals surface area contributed by atoms with Crippen molar-refractivity contribution in [3.8, 4) is 0 Å². The summed E-state index contributed by atoms with van der Waals surface area (Å²) in [7, 11) is 0. The number of rotatable bonds is 5. The smallest absolute Gasteiger partial charge is 0.411 e. The Morgan fingerprint density at radius 3 is 2.03 bits per heavy atom. The van der Waals surface area contributed by atoms with Crippen LogP contribution in [0.4, 0.5) is 4.79 Å². The fraction of sp³-hybridized carbons (Fsp3) is 0.417. The van der Waals surface area contributed by atoms with E-state index in [0.29, 0.717) is 6.42 Å². The maximum absolute atomic E-state index is 13.2. The molecule has 1 fully saturated rings. The molecular formula is C24H29NO5. The van der Waals surface area contributed by atoms with Crippen molar-refractivity contribution >= 4 is 12.1 Å². The molecule has 1 heterocycles. The number of hydrogen-bond donors (Lipinski definition) is 1. The summed E-state index contributed by atoms with van der Waals surface area (Å²) in [6, 6.07) is 18.2. The van der Waals surface area contributed by atoms with Gasteiger partial charge in [-0.15, -0.1) is 0 Å². The summed E-state index contributed by atoms with van der Waals surface area (Å²) in [5.74, 6) is -0.698. The van der Waals surface area contributed by atoms with Crippen molar-refractivity contribution in [3.63, 3.8) is 0 Å². The van der Waals surface area contributed by atoms with E-state index < -0.39 is 29.8 Å². The zero-order valence-electron chi connectivity index (χ0n) is 17.7. The van der Waals surface area contributed by atoms with Crippen molar-refractivity contribution in [2.45, 2.75) is 44.9 Å². The molecule has 0 bridgehead atoms. The highest BCUT2D eigenvalue weighted by Crippen LogP contribution is 2.31. The number of esters is 1. The molecule has 1 saturated heterocycles. The molecule has 2 aromatic rings. The number of benzene rings is 2. The highest BCUT2D eigenvalue weighted by Gasteiger charge is 2.43. The Hall–Kier alpha value is -2.86. The van der Waals surface area contributed by atoms with E-state index in [-0.39, 0.29) is 19.1 Å². The van der Waals surface area contributed by atoms with Crippen LogP contribution in [0, 0.1) is 5.92 Å². The highest BCUT2D eigenvalue weighted by molar-refractivity contribution is 5.82. The van der Waals surface area contributed by atoms with Gasteiger partial charge in [0.2, 0.25) is 0 Å². The lowest BCUT2D eigenvalue weighted by molar-refractivity contribution is -0.152. The van der Waals surface area contributed by atoms with Crippen molar-refractivity contribution in [2.24, 2.45) is 5.92 Å². The van der Waals surface area contributed by atoms with Crippen molar-refractivity contribution < 1.29 is 24.2 Å². The van der Waals surface area contributed by atoms with Gasteiger partial charge >= 0.3 is 12.1 Å². The predicted molar refractivity (Wildman–Crippen MR) is 113 cm³/mol. The van der Waals surface area contributed by atoms with Gasteiger partial charge in [-0.2, -0.15) is 0 Å². The standard InChI is InChI=1S/C24H29NO5/c1-24(2,3)30-23(28)25-15-17(16-26)14-20(25)22(27)29-21(18-10-6-4-7-11-18)19-12-8-5-9-13-19/h4-13,17,20-21,26H,14-16H2,1-3H3/t17-,20+/m1/s1. The number of aliphatic hydroxyl groups is 1. The maximum atomic E-state index is 13.2. The summed E-state index contributed by atoms with van der Waals surface area (Å²) in [6.07, 6.45) is -0.824. The molecule has 0 saturated carbocycles.